The van der Waals surface area contributed by atoms with Crippen molar-refractivity contribution in [1.29, 1.82) is 0 Å². The molecule has 0 radical (unpaired) electrons. The second-order valence-electron chi connectivity index (χ2n) is 6.09. The minimum absolute atomic E-state index is 0.136. The number of carbonyl (C=O) groups excluding carboxylic acids is 1. The maximum absolute atomic E-state index is 12.7. The fourth-order valence-electron chi connectivity index (χ4n) is 2.65. The van der Waals surface area contributed by atoms with E-state index in [9.17, 15) is 4.79 Å². The Balaban J connectivity index is 1.94. The number of pyridine rings is 1. The van der Waals surface area contributed by atoms with E-state index in [0.717, 1.165) is 17.0 Å². The summed E-state index contributed by atoms with van der Waals surface area (Å²) in [6, 6.07) is 15.7. The Kier molecular flexibility index (Phi) is 4.42. The van der Waals surface area contributed by atoms with Crippen molar-refractivity contribution in [2.24, 2.45) is 5.92 Å². The smallest absolute Gasteiger partial charge is 0.227 e. The van der Waals surface area contributed by atoms with E-state index >= 15 is 0 Å². The standard InChI is InChI=1S/C19H21N3O/c1-15(2)12-19(23)22(16-8-4-3-5-9-16)14-17-13-20-18-10-6-7-11-21(17)18/h3-11,13,15H,12,14H2,1-2H3. The van der Waals surface area contributed by atoms with E-state index in [0.29, 0.717) is 18.9 Å². The molecule has 3 rings (SSSR count). The molecule has 0 aliphatic rings. The summed E-state index contributed by atoms with van der Waals surface area (Å²) in [6.45, 7) is 4.64. The predicted molar refractivity (Wildman–Crippen MR) is 92.3 cm³/mol. The molecule has 1 amide bonds. The number of rotatable bonds is 5. The van der Waals surface area contributed by atoms with E-state index in [1.165, 1.54) is 0 Å². The van der Waals surface area contributed by atoms with Gasteiger partial charge in [-0.3, -0.25) is 4.79 Å². The molecule has 4 heteroatoms. The molecule has 2 heterocycles. The van der Waals surface area contributed by atoms with E-state index in [1.807, 2.05) is 70.2 Å². The van der Waals surface area contributed by atoms with E-state index < -0.39 is 0 Å². The zero-order valence-electron chi connectivity index (χ0n) is 13.5. The van der Waals surface area contributed by atoms with Crippen LogP contribution in [0.25, 0.3) is 5.65 Å². The number of aromatic nitrogens is 2. The molecule has 0 atom stereocenters. The normalized spacial score (nSPS) is 11.1. The summed E-state index contributed by atoms with van der Waals surface area (Å²) in [5.74, 6) is 0.466. The van der Waals surface area contributed by atoms with Crippen LogP contribution in [0.3, 0.4) is 0 Å². The van der Waals surface area contributed by atoms with Crippen LogP contribution in [0.5, 0.6) is 0 Å². The Hall–Kier alpha value is -2.62. The lowest BCUT2D eigenvalue weighted by Gasteiger charge is -2.23. The van der Waals surface area contributed by atoms with Crippen molar-refractivity contribution in [3.63, 3.8) is 0 Å². The van der Waals surface area contributed by atoms with Gasteiger partial charge in [-0.15, -0.1) is 0 Å². The van der Waals surface area contributed by atoms with Crippen molar-refractivity contribution in [3.8, 4) is 0 Å². The highest BCUT2D eigenvalue weighted by atomic mass is 16.2. The van der Waals surface area contributed by atoms with Gasteiger partial charge in [0.05, 0.1) is 18.4 Å². The first kappa shape index (κ1) is 15.3. The second kappa shape index (κ2) is 6.65. The third-order valence-corrected chi connectivity index (χ3v) is 3.77. The monoisotopic (exact) mass is 307 g/mol. The molecule has 0 unspecified atom stereocenters. The molecule has 2 aromatic heterocycles. The number of para-hydroxylation sites is 1. The number of carbonyl (C=O) groups is 1. The van der Waals surface area contributed by atoms with E-state index in [4.69, 9.17) is 0 Å². The third-order valence-electron chi connectivity index (χ3n) is 3.77. The van der Waals surface area contributed by atoms with E-state index in [-0.39, 0.29) is 5.91 Å². The molecular formula is C19H21N3O. The van der Waals surface area contributed by atoms with Gasteiger partial charge in [0, 0.05) is 18.3 Å². The molecule has 118 valence electrons. The molecule has 3 aromatic rings. The lowest BCUT2D eigenvalue weighted by molar-refractivity contribution is -0.119. The van der Waals surface area contributed by atoms with Crippen molar-refractivity contribution in [3.05, 3.63) is 66.6 Å². The van der Waals surface area contributed by atoms with Crippen molar-refractivity contribution in [2.75, 3.05) is 4.90 Å². The molecule has 0 bridgehead atoms. The Morgan fingerprint density at radius 3 is 2.61 bits per heavy atom. The van der Waals surface area contributed by atoms with Crippen molar-refractivity contribution in [1.82, 2.24) is 9.38 Å². The number of benzene rings is 1. The van der Waals surface area contributed by atoms with Crippen LogP contribution in [0.4, 0.5) is 5.69 Å². The van der Waals surface area contributed by atoms with Crippen LogP contribution in [0.1, 0.15) is 26.0 Å². The fraction of sp³-hybridized carbons (Fsp3) is 0.263. The van der Waals surface area contributed by atoms with Gasteiger partial charge >= 0.3 is 0 Å². The van der Waals surface area contributed by atoms with Crippen molar-refractivity contribution in [2.45, 2.75) is 26.8 Å². The zero-order valence-corrected chi connectivity index (χ0v) is 13.5. The minimum Gasteiger partial charge on any atom is -0.306 e. The molecule has 0 aliphatic heterocycles. The number of amides is 1. The van der Waals surface area contributed by atoms with Crippen molar-refractivity contribution < 1.29 is 4.79 Å². The number of hydrogen-bond acceptors (Lipinski definition) is 2. The molecule has 0 spiro atoms. The van der Waals surface area contributed by atoms with Crippen molar-refractivity contribution >= 4 is 17.2 Å². The fourth-order valence-corrected chi connectivity index (χ4v) is 2.65. The third kappa shape index (κ3) is 3.42. The maximum Gasteiger partial charge on any atom is 0.227 e. The molecular weight excluding hydrogens is 286 g/mol. The van der Waals surface area contributed by atoms with Crippen LogP contribution in [0.2, 0.25) is 0 Å². The summed E-state index contributed by atoms with van der Waals surface area (Å²) in [7, 11) is 0. The van der Waals surface area contributed by atoms with E-state index in [1.54, 1.807) is 0 Å². The highest BCUT2D eigenvalue weighted by Crippen LogP contribution is 2.20. The largest absolute Gasteiger partial charge is 0.306 e. The lowest BCUT2D eigenvalue weighted by atomic mass is 10.1. The minimum atomic E-state index is 0.136. The number of nitrogens with zero attached hydrogens (tertiary/aromatic N) is 3. The maximum atomic E-state index is 12.7. The molecule has 0 saturated carbocycles. The van der Waals surface area contributed by atoms with Crippen LogP contribution in [0.15, 0.2) is 60.9 Å². The van der Waals surface area contributed by atoms with E-state index in [2.05, 4.69) is 18.8 Å². The highest BCUT2D eigenvalue weighted by Gasteiger charge is 2.18. The van der Waals surface area contributed by atoms with Gasteiger partial charge in [0.25, 0.3) is 0 Å². The number of anilines is 1. The topological polar surface area (TPSA) is 37.6 Å². The summed E-state index contributed by atoms with van der Waals surface area (Å²) in [6.07, 6.45) is 4.35. The molecule has 0 aliphatic carbocycles. The van der Waals surface area contributed by atoms with Crippen LogP contribution >= 0.6 is 0 Å². The van der Waals surface area contributed by atoms with Crippen LogP contribution < -0.4 is 4.90 Å². The SMILES string of the molecule is CC(C)CC(=O)N(Cc1cnc2ccccn12)c1ccccc1. The summed E-state index contributed by atoms with van der Waals surface area (Å²) < 4.78 is 2.03. The summed E-state index contributed by atoms with van der Waals surface area (Å²) in [5.41, 5.74) is 2.82. The predicted octanol–water partition coefficient (Wildman–Crippen LogP) is 3.91. The van der Waals surface area contributed by atoms with Gasteiger partial charge in [0.1, 0.15) is 5.65 Å². The van der Waals surface area contributed by atoms with Gasteiger partial charge in [-0.2, -0.15) is 0 Å². The molecule has 4 nitrogen and oxygen atoms in total. The number of hydrogen-bond donors (Lipinski definition) is 0. The Morgan fingerprint density at radius 1 is 1.13 bits per heavy atom. The molecule has 0 fully saturated rings. The quantitative estimate of drug-likeness (QED) is 0.716. The first-order chi connectivity index (χ1) is 11.1. The van der Waals surface area contributed by atoms with Gasteiger partial charge in [-0.1, -0.05) is 38.1 Å². The van der Waals surface area contributed by atoms with Gasteiger partial charge in [0.15, 0.2) is 0 Å². The van der Waals surface area contributed by atoms with Gasteiger partial charge in [0.2, 0.25) is 5.91 Å². The number of imidazole rings is 1. The van der Waals surface area contributed by atoms with Crippen LogP contribution in [-0.4, -0.2) is 15.3 Å². The average Bonchev–Trinajstić information content (AvgIpc) is 2.96. The average molecular weight is 307 g/mol. The van der Waals surface area contributed by atoms with Crippen LogP contribution in [-0.2, 0) is 11.3 Å². The summed E-state index contributed by atoms with van der Waals surface area (Å²) in [5, 5.41) is 0. The summed E-state index contributed by atoms with van der Waals surface area (Å²) >= 11 is 0. The lowest BCUT2D eigenvalue weighted by Crippen LogP contribution is -2.31. The molecule has 1 aromatic carbocycles. The highest BCUT2D eigenvalue weighted by molar-refractivity contribution is 5.93. The second-order valence-corrected chi connectivity index (χ2v) is 6.09. The molecule has 23 heavy (non-hydrogen) atoms. The van der Waals surface area contributed by atoms with Gasteiger partial charge < -0.3 is 9.30 Å². The first-order valence-electron chi connectivity index (χ1n) is 7.91. The van der Waals surface area contributed by atoms with Crippen LogP contribution in [0, 0.1) is 5.92 Å². The number of fused-ring (bicyclic) bond motifs is 1. The Bertz CT molecular complexity index is 792. The first-order valence-corrected chi connectivity index (χ1v) is 7.91. The molecule has 0 saturated heterocycles. The van der Waals surface area contributed by atoms with Gasteiger partial charge in [-0.25, -0.2) is 4.98 Å². The Labute approximate surface area is 136 Å². The molecule has 0 N–H and O–H groups in total. The zero-order chi connectivity index (χ0) is 16.2. The Morgan fingerprint density at radius 2 is 1.87 bits per heavy atom. The summed E-state index contributed by atoms with van der Waals surface area (Å²) in [4.78, 5) is 19.0. The van der Waals surface area contributed by atoms with Gasteiger partial charge in [-0.05, 0) is 30.2 Å².